The molecule has 0 atom stereocenters. The Balaban J connectivity index is 1.31. The summed E-state index contributed by atoms with van der Waals surface area (Å²) in [6.07, 6.45) is 0. The second-order valence-corrected chi connectivity index (χ2v) is 17.3. The highest BCUT2D eigenvalue weighted by Gasteiger charge is 2.49. The molecule has 0 N–H and O–H groups in total. The van der Waals surface area contributed by atoms with E-state index in [1.165, 1.54) is 99.2 Å². The average molecular weight is 699 g/mol. The largest absolute Gasteiger partial charge is 0.376 e. The number of hydrogen-bond donors (Lipinski definition) is 0. The second-order valence-electron chi connectivity index (χ2n) is 16.2. The lowest BCUT2D eigenvalue weighted by Crippen LogP contribution is -2.62. The van der Waals surface area contributed by atoms with Gasteiger partial charge in [0.15, 0.2) is 0 Å². The van der Waals surface area contributed by atoms with Crippen LogP contribution >= 0.6 is 11.8 Å². The van der Waals surface area contributed by atoms with Crippen LogP contribution in [0.5, 0.6) is 0 Å². The topological polar surface area (TPSA) is 6.48 Å². The van der Waals surface area contributed by atoms with Crippen LogP contribution in [-0.4, -0.2) is 6.85 Å². The van der Waals surface area contributed by atoms with E-state index in [1.807, 2.05) is 11.8 Å². The molecule has 4 heteroatoms. The molecule has 0 saturated heterocycles. The van der Waals surface area contributed by atoms with E-state index in [-0.39, 0.29) is 17.7 Å². The maximum absolute atomic E-state index is 2.70. The number of aryl methyl sites for hydroxylation is 1. The van der Waals surface area contributed by atoms with Gasteiger partial charge in [-0.15, -0.1) is 0 Å². The lowest BCUT2D eigenvalue weighted by atomic mass is 9.43. The number of benzene rings is 7. The number of fused-ring (bicyclic) bond motifs is 8. The molecule has 0 spiro atoms. The fourth-order valence-corrected chi connectivity index (χ4v) is 11.1. The maximum atomic E-state index is 2.70. The van der Waals surface area contributed by atoms with Crippen molar-refractivity contribution in [3.05, 3.63) is 173 Å². The zero-order chi connectivity index (χ0) is 35.8. The number of nitrogens with zero attached hydrogens (tertiary/aromatic N) is 2. The van der Waals surface area contributed by atoms with Gasteiger partial charge >= 0.3 is 6.85 Å². The molecule has 11 rings (SSSR count). The maximum Gasteiger partial charge on any atom is 0.333 e. The van der Waals surface area contributed by atoms with E-state index in [4.69, 9.17) is 0 Å². The van der Waals surface area contributed by atoms with Crippen LogP contribution in [0.15, 0.2) is 155 Å². The minimum atomic E-state index is -0.166. The van der Waals surface area contributed by atoms with Gasteiger partial charge in [-0.05, 0) is 111 Å². The lowest BCUT2D eigenvalue weighted by molar-refractivity contribution is 0.521. The summed E-state index contributed by atoms with van der Waals surface area (Å²) in [5, 5.41) is 0. The first-order valence-corrected chi connectivity index (χ1v) is 19.6. The van der Waals surface area contributed by atoms with Gasteiger partial charge in [-0.3, -0.25) is 0 Å². The van der Waals surface area contributed by atoms with E-state index in [0.717, 1.165) is 0 Å². The minimum absolute atomic E-state index is 0.0134. The summed E-state index contributed by atoms with van der Waals surface area (Å²) in [5.74, 6) is 0. The Kier molecular flexibility index (Phi) is 6.34. The predicted molar refractivity (Wildman–Crippen MR) is 225 cm³/mol. The summed E-state index contributed by atoms with van der Waals surface area (Å²) in [5.41, 5.74) is 20.8. The van der Waals surface area contributed by atoms with Crippen LogP contribution in [0.2, 0.25) is 0 Å². The van der Waals surface area contributed by atoms with Gasteiger partial charge in [-0.1, -0.05) is 137 Å². The quantitative estimate of drug-likeness (QED) is 0.166. The van der Waals surface area contributed by atoms with E-state index in [9.17, 15) is 0 Å². The first-order chi connectivity index (χ1) is 25.7. The number of anilines is 5. The Morgan fingerprint density at radius 1 is 0.491 bits per heavy atom. The second kappa shape index (κ2) is 10.8. The fraction of sp³-hybridized carbons (Fsp3) is 0.143. The van der Waals surface area contributed by atoms with E-state index in [2.05, 4.69) is 190 Å². The van der Waals surface area contributed by atoms with Gasteiger partial charge in [0.25, 0.3) is 0 Å². The number of hydrogen-bond acceptors (Lipinski definition) is 3. The molecule has 254 valence electrons. The van der Waals surface area contributed by atoms with Crippen LogP contribution in [0.3, 0.4) is 0 Å². The molecular formula is C49H39BN2S. The monoisotopic (exact) mass is 698 g/mol. The summed E-state index contributed by atoms with van der Waals surface area (Å²) in [6.45, 7) is 12.0. The van der Waals surface area contributed by atoms with Crippen LogP contribution in [0.1, 0.15) is 55.5 Å². The summed E-state index contributed by atoms with van der Waals surface area (Å²) >= 11 is 1.90. The van der Waals surface area contributed by atoms with Crippen LogP contribution in [-0.2, 0) is 10.8 Å². The molecule has 0 radical (unpaired) electrons. The van der Waals surface area contributed by atoms with E-state index in [1.54, 1.807) is 0 Å². The van der Waals surface area contributed by atoms with Crippen molar-refractivity contribution in [1.82, 2.24) is 0 Å². The smallest absolute Gasteiger partial charge is 0.333 e. The zero-order valence-corrected chi connectivity index (χ0v) is 31.6. The Morgan fingerprint density at radius 2 is 1.13 bits per heavy atom. The molecule has 0 bridgehead atoms. The SMILES string of the molecule is Cc1ccccc1N1B2c3cccc4c3N(c3ccccc3S4)c3cc(-c4ccccc4)cc(c32)-c2cc3c(cc21)C(C)(C)c1ccccc1C3(C)C. The highest BCUT2D eigenvalue weighted by atomic mass is 32.2. The van der Waals surface area contributed by atoms with Crippen molar-refractivity contribution in [2.75, 3.05) is 9.71 Å². The molecule has 3 heterocycles. The summed E-state index contributed by atoms with van der Waals surface area (Å²) in [6, 6.07) is 55.1. The molecule has 0 amide bonds. The van der Waals surface area contributed by atoms with Crippen molar-refractivity contribution < 1.29 is 0 Å². The van der Waals surface area contributed by atoms with Gasteiger partial charge in [0.2, 0.25) is 0 Å². The summed E-state index contributed by atoms with van der Waals surface area (Å²) < 4.78 is 0. The molecule has 3 aliphatic heterocycles. The number of rotatable bonds is 2. The Morgan fingerprint density at radius 3 is 1.89 bits per heavy atom. The van der Waals surface area contributed by atoms with Gasteiger partial charge < -0.3 is 9.71 Å². The molecule has 0 fully saturated rings. The summed E-state index contributed by atoms with van der Waals surface area (Å²) in [7, 11) is 0. The predicted octanol–water partition coefficient (Wildman–Crippen LogP) is 11.8. The van der Waals surface area contributed by atoms with Gasteiger partial charge in [-0.25, -0.2) is 0 Å². The van der Waals surface area contributed by atoms with Crippen LogP contribution < -0.4 is 20.6 Å². The van der Waals surface area contributed by atoms with Crippen molar-refractivity contribution in [2.24, 2.45) is 0 Å². The Labute approximate surface area is 317 Å². The van der Waals surface area contributed by atoms with Crippen LogP contribution in [0, 0.1) is 6.92 Å². The van der Waals surface area contributed by atoms with Crippen molar-refractivity contribution in [3.8, 4) is 22.3 Å². The van der Waals surface area contributed by atoms with Crippen molar-refractivity contribution in [3.63, 3.8) is 0 Å². The number of para-hydroxylation sites is 3. The molecule has 53 heavy (non-hydrogen) atoms. The van der Waals surface area contributed by atoms with Gasteiger partial charge in [0.1, 0.15) is 0 Å². The first-order valence-electron chi connectivity index (χ1n) is 18.8. The molecule has 7 aromatic carbocycles. The zero-order valence-electron chi connectivity index (χ0n) is 30.7. The van der Waals surface area contributed by atoms with Gasteiger partial charge in [0.05, 0.1) is 11.4 Å². The normalized spacial score (nSPS) is 16.1. The fourth-order valence-electron chi connectivity index (χ4n) is 10.00. The molecule has 0 saturated carbocycles. The highest BCUT2D eigenvalue weighted by molar-refractivity contribution is 7.99. The van der Waals surface area contributed by atoms with Crippen molar-refractivity contribution in [1.29, 1.82) is 0 Å². The highest BCUT2D eigenvalue weighted by Crippen LogP contribution is 2.57. The molecule has 0 unspecified atom stereocenters. The minimum Gasteiger partial charge on any atom is -0.376 e. The van der Waals surface area contributed by atoms with E-state index < -0.39 is 0 Å². The Hall–Kier alpha value is -5.45. The van der Waals surface area contributed by atoms with Crippen LogP contribution in [0.25, 0.3) is 22.3 Å². The van der Waals surface area contributed by atoms with Gasteiger partial charge in [0, 0.05) is 43.2 Å². The van der Waals surface area contributed by atoms with E-state index >= 15 is 0 Å². The molecule has 1 aliphatic carbocycles. The van der Waals surface area contributed by atoms with E-state index in [0.29, 0.717) is 0 Å². The lowest BCUT2D eigenvalue weighted by Gasteiger charge is -2.49. The Bertz CT molecular complexity index is 2690. The third-order valence-corrected chi connectivity index (χ3v) is 13.7. The molecule has 2 nitrogen and oxygen atoms in total. The third kappa shape index (κ3) is 4.13. The molecular weight excluding hydrogens is 659 g/mol. The molecule has 4 aliphatic rings. The average Bonchev–Trinajstić information content (AvgIpc) is 3.18. The van der Waals surface area contributed by atoms with Crippen molar-refractivity contribution in [2.45, 2.75) is 55.2 Å². The van der Waals surface area contributed by atoms with Crippen LogP contribution in [0.4, 0.5) is 28.4 Å². The standard InChI is InChI=1S/C49H39BN2S/c1-30-16-9-12-22-40(30)52-42-29-38-37(48(2,3)35-19-10-11-20-36(35)49(38,4)5)28-33(42)34-26-32(31-17-7-6-8-18-31)27-43-46(34)50(52)39-21-15-25-45-47(39)51(43)41-23-13-14-24-44(41)53-45/h6-29H,1-5H3. The summed E-state index contributed by atoms with van der Waals surface area (Å²) in [4.78, 5) is 7.87. The van der Waals surface area contributed by atoms with Crippen molar-refractivity contribution >= 4 is 58.0 Å². The molecule has 0 aromatic heterocycles. The third-order valence-electron chi connectivity index (χ3n) is 12.6. The molecule has 7 aromatic rings. The van der Waals surface area contributed by atoms with Gasteiger partial charge in [-0.2, -0.15) is 0 Å². The first kappa shape index (κ1) is 31.1.